The lowest BCUT2D eigenvalue weighted by Crippen LogP contribution is -1.84. The van der Waals surface area contributed by atoms with Crippen molar-refractivity contribution in [1.29, 1.82) is 0 Å². The summed E-state index contributed by atoms with van der Waals surface area (Å²) in [5, 5.41) is 10.7. The molecule has 2 aromatic rings. The van der Waals surface area contributed by atoms with Gasteiger partial charge in [0.25, 0.3) is 0 Å². The fourth-order valence-corrected chi connectivity index (χ4v) is 1.93. The predicted octanol–water partition coefficient (Wildman–Crippen LogP) is 4.41. The molecule has 1 aromatic heterocycles. The Kier molecular flexibility index (Phi) is 3.24. The van der Waals surface area contributed by atoms with Gasteiger partial charge in [0.15, 0.2) is 0 Å². The third-order valence-corrected chi connectivity index (χ3v) is 2.91. The van der Waals surface area contributed by atoms with Crippen molar-refractivity contribution in [2.45, 2.75) is 0 Å². The zero-order chi connectivity index (χ0) is 11.7. The Bertz CT molecular complexity index is 493. The van der Waals surface area contributed by atoms with Crippen molar-refractivity contribution in [2.75, 3.05) is 0 Å². The maximum atomic E-state index is 9.36. The molecule has 0 atom stereocenters. The molecular formula is C11H6Cl3NO. The number of benzene rings is 1. The average Bonchev–Trinajstić information content (AvgIpc) is 2.25. The van der Waals surface area contributed by atoms with E-state index in [0.29, 0.717) is 21.2 Å². The molecule has 0 radical (unpaired) electrons. The Morgan fingerprint density at radius 1 is 1.00 bits per heavy atom. The van der Waals surface area contributed by atoms with Gasteiger partial charge in [-0.2, -0.15) is 0 Å². The highest BCUT2D eigenvalue weighted by Gasteiger charge is 2.10. The van der Waals surface area contributed by atoms with Crippen LogP contribution in [0.4, 0.5) is 0 Å². The first kappa shape index (κ1) is 11.5. The Balaban J connectivity index is 2.66. The molecule has 0 aliphatic rings. The van der Waals surface area contributed by atoms with Gasteiger partial charge in [-0.05, 0) is 24.3 Å². The normalized spacial score (nSPS) is 10.4. The number of aromatic hydroxyl groups is 1. The van der Waals surface area contributed by atoms with E-state index in [2.05, 4.69) is 4.98 Å². The van der Waals surface area contributed by atoms with Crippen LogP contribution in [0.2, 0.25) is 15.2 Å². The molecule has 0 aliphatic heterocycles. The molecule has 0 bridgehead atoms. The molecule has 5 heteroatoms. The van der Waals surface area contributed by atoms with Gasteiger partial charge in [0, 0.05) is 21.2 Å². The van der Waals surface area contributed by atoms with Crippen molar-refractivity contribution >= 4 is 34.8 Å². The fourth-order valence-electron chi connectivity index (χ4n) is 1.33. The molecule has 0 aliphatic carbocycles. The standard InChI is InChI=1S/C11H6Cl3NO/c12-6-1-2-10(13)8(3-6)9-4-7(16)5-15-11(9)14/h1-5,16H. The third-order valence-electron chi connectivity index (χ3n) is 2.04. The molecule has 1 aromatic carbocycles. The van der Waals surface area contributed by atoms with Crippen LogP contribution in [0.1, 0.15) is 0 Å². The van der Waals surface area contributed by atoms with Crippen LogP contribution in [0, 0.1) is 0 Å². The van der Waals surface area contributed by atoms with Gasteiger partial charge in [-0.25, -0.2) is 4.98 Å². The van der Waals surface area contributed by atoms with Gasteiger partial charge < -0.3 is 5.11 Å². The molecule has 0 spiro atoms. The number of rotatable bonds is 1. The number of hydrogen-bond acceptors (Lipinski definition) is 2. The molecule has 1 heterocycles. The minimum atomic E-state index is 0.0236. The van der Waals surface area contributed by atoms with E-state index < -0.39 is 0 Å². The van der Waals surface area contributed by atoms with Gasteiger partial charge in [0.2, 0.25) is 0 Å². The van der Waals surface area contributed by atoms with Crippen LogP contribution in [0.25, 0.3) is 11.1 Å². The molecular weight excluding hydrogens is 268 g/mol. The van der Waals surface area contributed by atoms with Crippen molar-refractivity contribution < 1.29 is 5.11 Å². The summed E-state index contributed by atoms with van der Waals surface area (Å²) in [7, 11) is 0. The van der Waals surface area contributed by atoms with Crippen LogP contribution >= 0.6 is 34.8 Å². The van der Waals surface area contributed by atoms with E-state index in [4.69, 9.17) is 34.8 Å². The minimum absolute atomic E-state index is 0.0236. The van der Waals surface area contributed by atoms with E-state index >= 15 is 0 Å². The van der Waals surface area contributed by atoms with Crippen molar-refractivity contribution in [3.63, 3.8) is 0 Å². The van der Waals surface area contributed by atoms with Gasteiger partial charge in [-0.1, -0.05) is 34.8 Å². The van der Waals surface area contributed by atoms with Crippen LogP contribution in [0.3, 0.4) is 0 Å². The fraction of sp³-hybridized carbons (Fsp3) is 0. The van der Waals surface area contributed by atoms with Gasteiger partial charge in [0.05, 0.1) is 6.20 Å². The summed E-state index contributed by atoms with van der Waals surface area (Å²) in [4.78, 5) is 3.84. The third kappa shape index (κ3) is 2.24. The molecule has 0 fully saturated rings. The molecule has 0 unspecified atom stereocenters. The lowest BCUT2D eigenvalue weighted by atomic mass is 10.1. The van der Waals surface area contributed by atoms with Crippen LogP contribution in [0.15, 0.2) is 30.5 Å². The smallest absolute Gasteiger partial charge is 0.137 e. The van der Waals surface area contributed by atoms with Crippen molar-refractivity contribution in [2.24, 2.45) is 0 Å². The molecule has 0 amide bonds. The summed E-state index contributed by atoms with van der Waals surface area (Å²) in [6.07, 6.45) is 1.27. The maximum Gasteiger partial charge on any atom is 0.137 e. The number of pyridine rings is 1. The first-order chi connectivity index (χ1) is 7.58. The predicted molar refractivity (Wildman–Crippen MR) is 66.4 cm³/mol. The topological polar surface area (TPSA) is 33.1 Å². The van der Waals surface area contributed by atoms with E-state index in [1.807, 2.05) is 0 Å². The Labute approximate surface area is 107 Å². The van der Waals surface area contributed by atoms with Crippen LogP contribution in [0.5, 0.6) is 5.75 Å². The highest BCUT2D eigenvalue weighted by atomic mass is 35.5. The number of aromatic nitrogens is 1. The van der Waals surface area contributed by atoms with E-state index in [-0.39, 0.29) is 10.9 Å². The zero-order valence-corrected chi connectivity index (χ0v) is 10.2. The summed E-state index contributed by atoms with van der Waals surface area (Å²) in [6.45, 7) is 0. The lowest BCUT2D eigenvalue weighted by molar-refractivity contribution is 0.473. The zero-order valence-electron chi connectivity index (χ0n) is 7.92. The summed E-state index contributed by atoms with van der Waals surface area (Å²) in [6, 6.07) is 6.51. The first-order valence-corrected chi connectivity index (χ1v) is 5.51. The van der Waals surface area contributed by atoms with E-state index in [9.17, 15) is 5.11 Å². The summed E-state index contributed by atoms with van der Waals surface area (Å²) in [5.41, 5.74) is 1.19. The van der Waals surface area contributed by atoms with Gasteiger partial charge in [0.1, 0.15) is 10.9 Å². The monoisotopic (exact) mass is 273 g/mol. The summed E-state index contributed by atoms with van der Waals surface area (Å²) >= 11 is 17.8. The summed E-state index contributed by atoms with van der Waals surface area (Å²) < 4.78 is 0. The van der Waals surface area contributed by atoms with Gasteiger partial charge in [-0.15, -0.1) is 0 Å². The molecule has 1 N–H and O–H groups in total. The highest BCUT2D eigenvalue weighted by molar-refractivity contribution is 6.37. The Hall–Kier alpha value is -0.960. The van der Waals surface area contributed by atoms with Crippen LogP contribution in [-0.2, 0) is 0 Å². The lowest BCUT2D eigenvalue weighted by Gasteiger charge is -2.07. The average molecular weight is 275 g/mol. The Morgan fingerprint density at radius 3 is 2.50 bits per heavy atom. The van der Waals surface area contributed by atoms with Gasteiger partial charge >= 0.3 is 0 Å². The quantitative estimate of drug-likeness (QED) is 0.781. The Morgan fingerprint density at radius 2 is 1.75 bits per heavy atom. The number of hydrogen-bond donors (Lipinski definition) is 1. The van der Waals surface area contributed by atoms with Crippen LogP contribution < -0.4 is 0 Å². The van der Waals surface area contributed by atoms with Gasteiger partial charge in [-0.3, -0.25) is 0 Å². The molecule has 2 nitrogen and oxygen atoms in total. The molecule has 0 saturated carbocycles. The van der Waals surface area contributed by atoms with E-state index in [1.54, 1.807) is 18.2 Å². The van der Waals surface area contributed by atoms with Crippen molar-refractivity contribution in [3.8, 4) is 16.9 Å². The van der Waals surface area contributed by atoms with Crippen LogP contribution in [-0.4, -0.2) is 10.1 Å². The SMILES string of the molecule is Oc1cnc(Cl)c(-c2cc(Cl)ccc2Cl)c1. The maximum absolute atomic E-state index is 9.36. The molecule has 0 saturated heterocycles. The summed E-state index contributed by atoms with van der Waals surface area (Å²) in [5.74, 6) is 0.0236. The molecule has 2 rings (SSSR count). The molecule has 82 valence electrons. The van der Waals surface area contributed by atoms with Crippen molar-refractivity contribution in [3.05, 3.63) is 45.7 Å². The second kappa shape index (κ2) is 4.50. The number of nitrogens with zero attached hydrogens (tertiary/aromatic N) is 1. The largest absolute Gasteiger partial charge is 0.506 e. The highest BCUT2D eigenvalue weighted by Crippen LogP contribution is 2.35. The van der Waals surface area contributed by atoms with E-state index in [1.165, 1.54) is 12.3 Å². The number of halogens is 3. The van der Waals surface area contributed by atoms with Crippen molar-refractivity contribution in [1.82, 2.24) is 4.98 Å². The second-order valence-electron chi connectivity index (χ2n) is 3.16. The first-order valence-electron chi connectivity index (χ1n) is 4.38. The minimum Gasteiger partial charge on any atom is -0.506 e. The second-order valence-corrected chi connectivity index (χ2v) is 4.36. The molecule has 16 heavy (non-hydrogen) atoms. The van der Waals surface area contributed by atoms with E-state index in [0.717, 1.165) is 0 Å².